The summed E-state index contributed by atoms with van der Waals surface area (Å²) >= 11 is 0. The zero-order chi connectivity index (χ0) is 21.8. The van der Waals surface area contributed by atoms with E-state index in [1.54, 1.807) is 19.1 Å². The zero-order valence-electron chi connectivity index (χ0n) is 17.4. The first-order valence-electron chi connectivity index (χ1n) is 9.97. The molecule has 1 aliphatic rings. The number of likely N-dealkylation sites (tertiary alicyclic amines) is 1. The number of hydrogen-bond acceptors (Lipinski definition) is 3. The molecule has 1 saturated heterocycles. The Labute approximate surface area is 175 Å². The normalized spacial score (nSPS) is 15.6. The summed E-state index contributed by atoms with van der Waals surface area (Å²) in [6.07, 6.45) is 0.993. The number of nitrogens with zero attached hydrogens (tertiary/aromatic N) is 2. The summed E-state index contributed by atoms with van der Waals surface area (Å²) in [5.41, 5.74) is 0.776. The quantitative estimate of drug-likeness (QED) is 0.739. The van der Waals surface area contributed by atoms with Crippen LogP contribution in [0.25, 0.3) is 0 Å². The van der Waals surface area contributed by atoms with Gasteiger partial charge in [-0.3, -0.25) is 9.59 Å². The highest BCUT2D eigenvalue weighted by Crippen LogP contribution is 2.30. The van der Waals surface area contributed by atoms with Crippen LogP contribution in [-0.4, -0.2) is 48.9 Å². The number of carbonyl (C=O) groups excluding carboxylic acids is 2. The largest absolute Gasteiger partial charge is 0.496 e. The monoisotopic (exact) mass is 416 g/mol. The van der Waals surface area contributed by atoms with Crippen LogP contribution in [0.2, 0.25) is 0 Å². The van der Waals surface area contributed by atoms with E-state index in [2.05, 4.69) is 0 Å². The summed E-state index contributed by atoms with van der Waals surface area (Å²) in [6.45, 7) is 2.65. The van der Waals surface area contributed by atoms with Crippen LogP contribution in [-0.2, 0) is 4.79 Å². The van der Waals surface area contributed by atoms with Gasteiger partial charge in [-0.15, -0.1) is 0 Å². The summed E-state index contributed by atoms with van der Waals surface area (Å²) < 4.78 is 32.4. The van der Waals surface area contributed by atoms with Gasteiger partial charge in [0.25, 0.3) is 5.91 Å². The Bertz CT molecular complexity index is 926. The molecule has 5 nitrogen and oxygen atoms in total. The van der Waals surface area contributed by atoms with E-state index in [1.165, 1.54) is 4.90 Å². The molecule has 2 aromatic carbocycles. The van der Waals surface area contributed by atoms with Crippen molar-refractivity contribution < 1.29 is 23.1 Å². The van der Waals surface area contributed by atoms with E-state index in [9.17, 15) is 18.4 Å². The van der Waals surface area contributed by atoms with Gasteiger partial charge in [0.15, 0.2) is 0 Å². The maximum Gasteiger partial charge on any atom is 0.256 e. The maximum absolute atomic E-state index is 13.9. The molecule has 0 saturated carbocycles. The fraction of sp³-hybridized carbons (Fsp3) is 0.391. The fourth-order valence-corrected chi connectivity index (χ4v) is 3.86. The van der Waals surface area contributed by atoms with E-state index in [0.717, 1.165) is 23.4 Å². The molecule has 30 heavy (non-hydrogen) atoms. The van der Waals surface area contributed by atoms with Crippen molar-refractivity contribution in [1.82, 2.24) is 9.80 Å². The van der Waals surface area contributed by atoms with Crippen LogP contribution < -0.4 is 4.74 Å². The highest BCUT2D eigenvalue weighted by molar-refractivity contribution is 5.94. The van der Waals surface area contributed by atoms with E-state index >= 15 is 0 Å². The smallest absolute Gasteiger partial charge is 0.256 e. The molecule has 0 spiro atoms. The number of hydrogen-bond donors (Lipinski definition) is 0. The minimum Gasteiger partial charge on any atom is -0.496 e. The molecule has 160 valence electrons. The van der Waals surface area contributed by atoms with E-state index in [4.69, 9.17) is 4.74 Å². The Balaban J connectivity index is 1.62. The summed E-state index contributed by atoms with van der Waals surface area (Å²) in [7, 11) is 3.37. The van der Waals surface area contributed by atoms with Crippen molar-refractivity contribution in [2.45, 2.75) is 25.8 Å². The molecule has 3 rings (SSSR count). The van der Waals surface area contributed by atoms with E-state index in [-0.39, 0.29) is 23.4 Å². The van der Waals surface area contributed by atoms with Gasteiger partial charge >= 0.3 is 0 Å². The Morgan fingerprint density at radius 2 is 1.80 bits per heavy atom. The Kier molecular flexibility index (Phi) is 6.70. The average molecular weight is 416 g/mol. The maximum atomic E-state index is 13.9. The van der Waals surface area contributed by atoms with E-state index < -0.39 is 17.5 Å². The van der Waals surface area contributed by atoms with Crippen molar-refractivity contribution in [1.29, 1.82) is 0 Å². The lowest BCUT2D eigenvalue weighted by Gasteiger charge is -2.35. The summed E-state index contributed by atoms with van der Waals surface area (Å²) in [4.78, 5) is 28.8. The molecule has 0 bridgehead atoms. The molecule has 1 heterocycles. The van der Waals surface area contributed by atoms with Crippen molar-refractivity contribution in [3.05, 3.63) is 65.2 Å². The molecule has 1 fully saturated rings. The predicted octanol–water partition coefficient (Wildman–Crippen LogP) is 4.05. The number of halogens is 2. The van der Waals surface area contributed by atoms with Gasteiger partial charge in [-0.2, -0.15) is 0 Å². The lowest BCUT2D eigenvalue weighted by atomic mass is 9.93. The predicted molar refractivity (Wildman–Crippen MR) is 109 cm³/mol. The van der Waals surface area contributed by atoms with E-state index in [1.807, 2.05) is 31.2 Å². The molecule has 0 N–H and O–H groups in total. The molecule has 0 aliphatic carbocycles. The Morgan fingerprint density at radius 3 is 2.43 bits per heavy atom. The molecule has 0 aromatic heterocycles. The van der Waals surface area contributed by atoms with Crippen molar-refractivity contribution >= 4 is 11.8 Å². The lowest BCUT2D eigenvalue weighted by Crippen LogP contribution is -2.44. The third-order valence-electron chi connectivity index (χ3n) is 5.81. The molecule has 1 aliphatic heterocycles. The van der Waals surface area contributed by atoms with Crippen LogP contribution in [0.3, 0.4) is 0 Å². The van der Waals surface area contributed by atoms with Crippen molar-refractivity contribution in [3.8, 4) is 5.75 Å². The van der Waals surface area contributed by atoms with Gasteiger partial charge in [0, 0.05) is 37.7 Å². The lowest BCUT2D eigenvalue weighted by molar-refractivity contribution is -0.137. The highest BCUT2D eigenvalue weighted by Gasteiger charge is 2.32. The zero-order valence-corrected chi connectivity index (χ0v) is 17.4. The fourth-order valence-electron chi connectivity index (χ4n) is 3.86. The van der Waals surface area contributed by atoms with Crippen LogP contribution in [0.1, 0.15) is 41.7 Å². The second-order valence-electron chi connectivity index (χ2n) is 7.56. The Hall–Kier alpha value is -2.96. The first kappa shape index (κ1) is 21.7. The first-order chi connectivity index (χ1) is 14.3. The Morgan fingerprint density at radius 1 is 1.13 bits per heavy atom. The molecule has 1 unspecified atom stereocenters. The summed E-state index contributed by atoms with van der Waals surface area (Å²) in [5, 5.41) is 0. The van der Waals surface area contributed by atoms with Crippen LogP contribution in [0.4, 0.5) is 8.78 Å². The molecule has 2 amide bonds. The number of para-hydroxylation sites is 1. The number of methoxy groups -OCH3 is 1. The van der Waals surface area contributed by atoms with Gasteiger partial charge in [-0.25, -0.2) is 8.78 Å². The van der Waals surface area contributed by atoms with Gasteiger partial charge < -0.3 is 14.5 Å². The molecule has 0 radical (unpaired) electrons. The van der Waals surface area contributed by atoms with E-state index in [0.29, 0.717) is 32.0 Å². The van der Waals surface area contributed by atoms with Gasteiger partial charge in [0.1, 0.15) is 17.4 Å². The molecule has 1 atom stereocenters. The second kappa shape index (κ2) is 9.24. The van der Waals surface area contributed by atoms with Gasteiger partial charge in [0.05, 0.1) is 18.7 Å². The second-order valence-corrected chi connectivity index (χ2v) is 7.56. The molecule has 2 aromatic rings. The summed E-state index contributed by atoms with van der Waals surface area (Å²) in [6, 6.07) is 10.4. The van der Waals surface area contributed by atoms with Crippen LogP contribution in [0.5, 0.6) is 5.75 Å². The van der Waals surface area contributed by atoms with Crippen molar-refractivity contribution in [3.63, 3.8) is 0 Å². The number of rotatable bonds is 5. The molecular weight excluding hydrogens is 390 g/mol. The summed E-state index contributed by atoms with van der Waals surface area (Å²) in [5.74, 6) is -1.55. The van der Waals surface area contributed by atoms with Crippen LogP contribution in [0.15, 0.2) is 42.5 Å². The van der Waals surface area contributed by atoms with Crippen LogP contribution >= 0.6 is 0 Å². The average Bonchev–Trinajstić information content (AvgIpc) is 2.77. The first-order valence-corrected chi connectivity index (χ1v) is 9.97. The number of benzene rings is 2. The number of carbonyl (C=O) groups is 2. The standard InChI is InChI=1S/C23H26F2N2O3/c1-15(18-6-4-5-7-21(18)30-3)26(2)22(28)16-10-12-27(13-11-16)23(29)19-9-8-17(24)14-20(19)25/h4-9,14-16H,10-13H2,1-3H3. The number of ether oxygens (including phenoxy) is 1. The third-order valence-corrected chi connectivity index (χ3v) is 5.81. The van der Waals surface area contributed by atoms with Gasteiger partial charge in [-0.1, -0.05) is 18.2 Å². The molecule has 7 heteroatoms. The topological polar surface area (TPSA) is 49.9 Å². The van der Waals surface area contributed by atoms with Crippen LogP contribution in [0, 0.1) is 17.6 Å². The minimum atomic E-state index is -0.872. The SMILES string of the molecule is COc1ccccc1C(C)N(C)C(=O)C1CCN(C(=O)c2ccc(F)cc2F)CC1. The minimum absolute atomic E-state index is 0.00784. The van der Waals surface area contributed by atoms with Gasteiger partial charge in [-0.05, 0) is 38.0 Å². The third kappa shape index (κ3) is 4.45. The van der Waals surface area contributed by atoms with Gasteiger partial charge in [0.2, 0.25) is 5.91 Å². The molecular formula is C23H26F2N2O3. The van der Waals surface area contributed by atoms with Crippen molar-refractivity contribution in [2.24, 2.45) is 5.92 Å². The number of amides is 2. The highest BCUT2D eigenvalue weighted by atomic mass is 19.1. The van der Waals surface area contributed by atoms with Crippen molar-refractivity contribution in [2.75, 3.05) is 27.2 Å². The number of piperidine rings is 1.